The van der Waals surface area contributed by atoms with Crippen molar-refractivity contribution in [2.45, 2.75) is 33.8 Å². The summed E-state index contributed by atoms with van der Waals surface area (Å²) in [6.45, 7) is 7.50. The average molecular weight is 289 g/mol. The number of rotatable bonds is 1. The lowest BCUT2D eigenvalue weighted by atomic mass is 9.99. The summed E-state index contributed by atoms with van der Waals surface area (Å²) in [5.74, 6) is 0.727. The van der Waals surface area contributed by atoms with Crippen LogP contribution in [0.3, 0.4) is 0 Å². The summed E-state index contributed by atoms with van der Waals surface area (Å²) in [6.07, 6.45) is 0.800. The van der Waals surface area contributed by atoms with Crippen LogP contribution in [0.2, 0.25) is 5.15 Å². The molecule has 0 fully saturated rings. The number of aromatic nitrogens is 2. The van der Waals surface area contributed by atoms with Gasteiger partial charge in [0, 0.05) is 17.5 Å². The minimum absolute atomic E-state index is 0.514. The summed E-state index contributed by atoms with van der Waals surface area (Å²) >= 11 is 6.30. The molecule has 0 atom stereocenters. The maximum Gasteiger partial charge on any atom is 0.161 e. The Hall–Kier alpha value is -1.45. The molecular formula is C16H17ClN2O. The third-order valence-corrected chi connectivity index (χ3v) is 3.99. The van der Waals surface area contributed by atoms with Crippen LogP contribution in [0.1, 0.15) is 27.9 Å². The van der Waals surface area contributed by atoms with Crippen molar-refractivity contribution in [1.29, 1.82) is 0 Å². The van der Waals surface area contributed by atoms with Gasteiger partial charge in [0.1, 0.15) is 5.15 Å². The molecule has 104 valence electrons. The van der Waals surface area contributed by atoms with E-state index in [1.807, 2.05) is 0 Å². The maximum atomic E-state index is 6.30. The Bertz CT molecular complexity index is 659. The average Bonchev–Trinajstić information content (AvgIpc) is 2.37. The Labute approximate surface area is 124 Å². The standard InChI is InChI=1S/C16H17ClN2O/c1-9-6-10(2)14(11(3)7-9)16-18-13-4-5-20-8-12(13)15(17)19-16/h6-7H,4-5,8H2,1-3H3. The topological polar surface area (TPSA) is 35.0 Å². The van der Waals surface area contributed by atoms with Gasteiger partial charge in [0.15, 0.2) is 5.82 Å². The highest BCUT2D eigenvalue weighted by Gasteiger charge is 2.19. The van der Waals surface area contributed by atoms with Gasteiger partial charge in [-0.25, -0.2) is 9.97 Å². The van der Waals surface area contributed by atoms with E-state index in [4.69, 9.17) is 21.3 Å². The number of benzene rings is 1. The van der Waals surface area contributed by atoms with Crippen molar-refractivity contribution >= 4 is 11.6 Å². The molecule has 0 radical (unpaired) electrons. The first-order chi connectivity index (χ1) is 9.56. The molecule has 3 nitrogen and oxygen atoms in total. The van der Waals surface area contributed by atoms with E-state index >= 15 is 0 Å². The zero-order valence-electron chi connectivity index (χ0n) is 12.0. The number of halogens is 1. The van der Waals surface area contributed by atoms with Crippen LogP contribution in [0.5, 0.6) is 0 Å². The predicted molar refractivity (Wildman–Crippen MR) is 80.0 cm³/mol. The van der Waals surface area contributed by atoms with E-state index in [9.17, 15) is 0 Å². The third kappa shape index (κ3) is 2.32. The highest BCUT2D eigenvalue weighted by Crippen LogP contribution is 2.30. The first kappa shape index (κ1) is 13.5. The van der Waals surface area contributed by atoms with Crippen molar-refractivity contribution < 1.29 is 4.74 Å². The summed E-state index contributed by atoms with van der Waals surface area (Å²) in [5, 5.41) is 0.518. The van der Waals surface area contributed by atoms with Gasteiger partial charge >= 0.3 is 0 Å². The summed E-state index contributed by atoms with van der Waals surface area (Å²) in [4.78, 5) is 9.20. The quantitative estimate of drug-likeness (QED) is 0.749. The van der Waals surface area contributed by atoms with Crippen molar-refractivity contribution in [2.24, 2.45) is 0 Å². The largest absolute Gasteiger partial charge is 0.376 e. The lowest BCUT2D eigenvalue weighted by Crippen LogP contribution is -2.14. The van der Waals surface area contributed by atoms with Gasteiger partial charge in [0.25, 0.3) is 0 Å². The summed E-state index contributed by atoms with van der Waals surface area (Å²) in [6, 6.07) is 4.31. The molecule has 1 aromatic heterocycles. The van der Waals surface area contributed by atoms with E-state index in [2.05, 4.69) is 37.9 Å². The molecule has 0 bridgehead atoms. The van der Waals surface area contributed by atoms with E-state index < -0.39 is 0 Å². The molecule has 2 heterocycles. The number of nitrogens with zero attached hydrogens (tertiary/aromatic N) is 2. The molecule has 3 rings (SSSR count). The van der Waals surface area contributed by atoms with Gasteiger partial charge in [0.05, 0.1) is 18.9 Å². The number of fused-ring (bicyclic) bond motifs is 1. The third-order valence-electron chi connectivity index (χ3n) is 3.67. The van der Waals surface area contributed by atoms with Gasteiger partial charge < -0.3 is 4.74 Å². The normalized spacial score (nSPS) is 14.2. The van der Waals surface area contributed by atoms with Gasteiger partial charge in [-0.05, 0) is 31.9 Å². The molecule has 2 aromatic rings. The number of hydrogen-bond acceptors (Lipinski definition) is 3. The minimum atomic E-state index is 0.514. The highest BCUT2D eigenvalue weighted by atomic mass is 35.5. The molecule has 0 spiro atoms. The Kier molecular flexibility index (Phi) is 3.48. The summed E-state index contributed by atoms with van der Waals surface area (Å²) in [5.41, 5.74) is 6.67. The Balaban J connectivity index is 2.18. The maximum absolute atomic E-state index is 6.30. The van der Waals surface area contributed by atoms with E-state index in [-0.39, 0.29) is 0 Å². The molecule has 0 unspecified atom stereocenters. The van der Waals surface area contributed by atoms with Crippen molar-refractivity contribution in [3.63, 3.8) is 0 Å². The van der Waals surface area contributed by atoms with Crippen LogP contribution >= 0.6 is 11.6 Å². The fraction of sp³-hybridized carbons (Fsp3) is 0.375. The smallest absolute Gasteiger partial charge is 0.161 e. The monoisotopic (exact) mass is 288 g/mol. The van der Waals surface area contributed by atoms with Gasteiger partial charge in [0.2, 0.25) is 0 Å². The van der Waals surface area contributed by atoms with E-state index in [0.29, 0.717) is 18.4 Å². The van der Waals surface area contributed by atoms with E-state index in [1.165, 1.54) is 16.7 Å². The van der Waals surface area contributed by atoms with Crippen LogP contribution in [0.15, 0.2) is 12.1 Å². The second-order valence-corrected chi connectivity index (χ2v) is 5.70. The van der Waals surface area contributed by atoms with Crippen LogP contribution in [0.25, 0.3) is 11.4 Å². The van der Waals surface area contributed by atoms with Crippen molar-refractivity contribution in [3.05, 3.63) is 45.2 Å². The van der Waals surface area contributed by atoms with Crippen LogP contribution < -0.4 is 0 Å². The highest BCUT2D eigenvalue weighted by molar-refractivity contribution is 6.30. The number of hydrogen-bond donors (Lipinski definition) is 0. The second kappa shape index (κ2) is 5.15. The summed E-state index contributed by atoms with van der Waals surface area (Å²) in [7, 11) is 0. The SMILES string of the molecule is Cc1cc(C)c(-c2nc(Cl)c3c(n2)CCOC3)c(C)c1. The molecule has 0 saturated carbocycles. The molecule has 0 amide bonds. The Morgan fingerprint density at radius 3 is 2.50 bits per heavy atom. The van der Waals surface area contributed by atoms with Gasteiger partial charge in [-0.3, -0.25) is 0 Å². The molecule has 20 heavy (non-hydrogen) atoms. The first-order valence-electron chi connectivity index (χ1n) is 6.77. The van der Waals surface area contributed by atoms with Gasteiger partial charge in [-0.1, -0.05) is 29.3 Å². The van der Waals surface area contributed by atoms with E-state index in [0.717, 1.165) is 29.1 Å². The Morgan fingerprint density at radius 1 is 1.10 bits per heavy atom. The van der Waals surface area contributed by atoms with Crippen molar-refractivity contribution in [2.75, 3.05) is 6.61 Å². The van der Waals surface area contributed by atoms with Gasteiger partial charge in [-0.2, -0.15) is 0 Å². The van der Waals surface area contributed by atoms with Crippen LogP contribution in [0.4, 0.5) is 0 Å². The van der Waals surface area contributed by atoms with Crippen molar-refractivity contribution in [1.82, 2.24) is 9.97 Å². The molecule has 1 aliphatic rings. The first-order valence-corrected chi connectivity index (χ1v) is 7.15. The zero-order valence-corrected chi connectivity index (χ0v) is 12.7. The van der Waals surface area contributed by atoms with Crippen molar-refractivity contribution in [3.8, 4) is 11.4 Å². The zero-order chi connectivity index (χ0) is 14.3. The fourth-order valence-electron chi connectivity index (χ4n) is 2.84. The molecule has 0 aliphatic carbocycles. The molecule has 0 saturated heterocycles. The number of aryl methyl sites for hydroxylation is 3. The molecule has 1 aromatic carbocycles. The minimum Gasteiger partial charge on any atom is -0.376 e. The van der Waals surface area contributed by atoms with Crippen LogP contribution in [0, 0.1) is 20.8 Å². The van der Waals surface area contributed by atoms with Crippen LogP contribution in [-0.4, -0.2) is 16.6 Å². The lowest BCUT2D eigenvalue weighted by Gasteiger charge is -2.18. The lowest BCUT2D eigenvalue weighted by molar-refractivity contribution is 0.109. The summed E-state index contributed by atoms with van der Waals surface area (Å²) < 4.78 is 5.42. The molecule has 1 aliphatic heterocycles. The molecule has 0 N–H and O–H groups in total. The fourth-order valence-corrected chi connectivity index (χ4v) is 3.08. The second-order valence-electron chi connectivity index (χ2n) is 5.34. The van der Waals surface area contributed by atoms with Crippen LogP contribution in [-0.2, 0) is 17.8 Å². The predicted octanol–water partition coefficient (Wildman–Crippen LogP) is 3.79. The molecular weight excluding hydrogens is 272 g/mol. The van der Waals surface area contributed by atoms with E-state index in [1.54, 1.807) is 0 Å². The van der Waals surface area contributed by atoms with Gasteiger partial charge in [-0.15, -0.1) is 0 Å². The number of ether oxygens (including phenoxy) is 1. The molecule has 4 heteroatoms. The Morgan fingerprint density at radius 2 is 1.80 bits per heavy atom.